The number of halogens is 1. The summed E-state index contributed by atoms with van der Waals surface area (Å²) in [7, 11) is 0. The number of nitrogens with zero attached hydrogens (tertiary/aromatic N) is 1. The highest BCUT2D eigenvalue weighted by Gasteiger charge is 2.41. The van der Waals surface area contributed by atoms with E-state index in [9.17, 15) is 0 Å². The van der Waals surface area contributed by atoms with Crippen LogP contribution in [0, 0.1) is 5.41 Å². The van der Waals surface area contributed by atoms with E-state index in [1.807, 2.05) is 0 Å². The van der Waals surface area contributed by atoms with E-state index in [-0.39, 0.29) is 36.0 Å². The Morgan fingerprint density at radius 3 is 2.42 bits per heavy atom. The first-order valence-electron chi connectivity index (χ1n) is 7.37. The Kier molecular flexibility index (Phi) is 10.7. The molecule has 0 unspecified atom stereocenters. The van der Waals surface area contributed by atoms with Crippen molar-refractivity contribution in [3.63, 3.8) is 0 Å². The largest absolute Gasteiger partial charge is 0.396 e. The van der Waals surface area contributed by atoms with Crippen LogP contribution in [-0.4, -0.2) is 30.8 Å². The maximum atomic E-state index is 9.16. The van der Waals surface area contributed by atoms with Gasteiger partial charge in [-0.15, -0.1) is 24.0 Å². The minimum atomic E-state index is 0. The molecule has 0 amide bonds. The van der Waals surface area contributed by atoms with Crippen LogP contribution in [0.4, 0.5) is 0 Å². The lowest BCUT2D eigenvalue weighted by atomic mass is 10.1. The van der Waals surface area contributed by atoms with Crippen molar-refractivity contribution in [1.82, 2.24) is 5.32 Å². The fraction of sp³-hybridized carbons (Fsp3) is 0.929. The Balaban J connectivity index is 0.00000324. The highest BCUT2D eigenvalue weighted by atomic mass is 127. The number of aliphatic hydroxyl groups is 1. The number of guanidine groups is 1. The van der Waals surface area contributed by atoms with Gasteiger partial charge in [0.05, 0.1) is 13.2 Å². The van der Waals surface area contributed by atoms with Gasteiger partial charge in [0.15, 0.2) is 5.96 Å². The van der Waals surface area contributed by atoms with Crippen molar-refractivity contribution in [3.8, 4) is 0 Å². The third-order valence-corrected chi connectivity index (χ3v) is 3.71. The van der Waals surface area contributed by atoms with Crippen LogP contribution >= 0.6 is 24.0 Å². The molecule has 1 fully saturated rings. The maximum absolute atomic E-state index is 9.16. The summed E-state index contributed by atoms with van der Waals surface area (Å²) in [6, 6.07) is 0. The van der Waals surface area contributed by atoms with Crippen LogP contribution in [0.1, 0.15) is 58.3 Å². The summed E-state index contributed by atoms with van der Waals surface area (Å²) in [5.41, 5.74) is 5.85. The highest BCUT2D eigenvalue weighted by molar-refractivity contribution is 14.0. The summed E-state index contributed by atoms with van der Waals surface area (Å²) in [6.07, 6.45) is 9.89. The first-order valence-corrected chi connectivity index (χ1v) is 7.37. The topological polar surface area (TPSA) is 70.6 Å². The molecule has 0 heterocycles. The molecule has 5 heteroatoms. The van der Waals surface area contributed by atoms with E-state index in [1.54, 1.807) is 0 Å². The van der Waals surface area contributed by atoms with E-state index in [2.05, 4.69) is 17.2 Å². The van der Waals surface area contributed by atoms with Gasteiger partial charge >= 0.3 is 0 Å². The van der Waals surface area contributed by atoms with E-state index >= 15 is 0 Å². The summed E-state index contributed by atoms with van der Waals surface area (Å²) >= 11 is 0. The molecule has 4 nitrogen and oxygen atoms in total. The smallest absolute Gasteiger partial charge is 0.188 e. The quantitative estimate of drug-likeness (QED) is 0.235. The average Bonchev–Trinajstić information content (AvgIpc) is 3.16. The van der Waals surface area contributed by atoms with Crippen molar-refractivity contribution >= 4 is 29.9 Å². The van der Waals surface area contributed by atoms with Crippen LogP contribution in [0.3, 0.4) is 0 Å². The number of hydrogen-bond donors (Lipinski definition) is 3. The number of nitrogens with one attached hydrogen (secondary N) is 1. The first-order chi connectivity index (χ1) is 8.72. The number of aliphatic hydroxyl groups excluding tert-OH is 1. The summed E-state index contributed by atoms with van der Waals surface area (Å²) in [5.74, 6) is 0.531. The fourth-order valence-corrected chi connectivity index (χ4v) is 1.97. The molecular formula is C14H30IN3O. The molecule has 0 saturated heterocycles. The average molecular weight is 383 g/mol. The predicted molar refractivity (Wildman–Crippen MR) is 92.0 cm³/mol. The van der Waals surface area contributed by atoms with Gasteiger partial charge in [-0.25, -0.2) is 0 Å². The number of rotatable bonds is 10. The number of nitrogens with two attached hydrogens (primary N) is 1. The standard InChI is InChI=1S/C14H29N3O.HI/c1-2-3-4-5-6-7-10-16-13(15)17-11-14(12-18)8-9-14;/h18H,2-12H2,1H3,(H3,15,16,17);1H. The Hall–Kier alpha value is -0.0400. The molecule has 0 atom stereocenters. The van der Waals surface area contributed by atoms with Gasteiger partial charge in [-0.2, -0.15) is 0 Å². The second-order valence-electron chi connectivity index (χ2n) is 5.55. The van der Waals surface area contributed by atoms with Gasteiger partial charge in [0.2, 0.25) is 0 Å². The van der Waals surface area contributed by atoms with Crippen LogP contribution in [-0.2, 0) is 0 Å². The third kappa shape index (κ3) is 8.68. The van der Waals surface area contributed by atoms with Crippen molar-refractivity contribution in [1.29, 1.82) is 0 Å². The highest BCUT2D eigenvalue weighted by Crippen LogP contribution is 2.45. The van der Waals surface area contributed by atoms with Crippen molar-refractivity contribution in [2.24, 2.45) is 16.1 Å². The molecule has 19 heavy (non-hydrogen) atoms. The summed E-state index contributed by atoms with van der Waals surface area (Å²) in [6.45, 7) is 4.05. The zero-order chi connectivity index (χ0) is 13.3. The van der Waals surface area contributed by atoms with Gasteiger partial charge in [-0.05, 0) is 19.3 Å². The van der Waals surface area contributed by atoms with Crippen LogP contribution in [0.15, 0.2) is 4.99 Å². The summed E-state index contributed by atoms with van der Waals surface area (Å²) in [4.78, 5) is 4.30. The SMILES string of the molecule is CCCCCCCCNC(N)=NCC1(CO)CC1.I. The Morgan fingerprint density at radius 2 is 1.84 bits per heavy atom. The normalized spacial score (nSPS) is 16.8. The lowest BCUT2D eigenvalue weighted by Gasteiger charge is -2.09. The molecule has 114 valence electrons. The monoisotopic (exact) mass is 383 g/mol. The molecule has 0 aliphatic heterocycles. The van der Waals surface area contributed by atoms with Gasteiger partial charge in [-0.1, -0.05) is 39.0 Å². The van der Waals surface area contributed by atoms with Crippen molar-refractivity contribution in [2.75, 3.05) is 19.7 Å². The minimum Gasteiger partial charge on any atom is -0.396 e. The predicted octanol–water partition coefficient (Wildman–Crippen LogP) is 2.64. The second kappa shape index (κ2) is 10.7. The second-order valence-corrected chi connectivity index (χ2v) is 5.55. The molecule has 0 spiro atoms. The third-order valence-electron chi connectivity index (χ3n) is 3.71. The van der Waals surface area contributed by atoms with E-state index in [0.717, 1.165) is 25.8 Å². The lowest BCUT2D eigenvalue weighted by Crippen LogP contribution is -2.33. The molecule has 1 aliphatic carbocycles. The van der Waals surface area contributed by atoms with Gasteiger partial charge in [0.25, 0.3) is 0 Å². The Morgan fingerprint density at radius 1 is 1.21 bits per heavy atom. The molecule has 0 aromatic heterocycles. The van der Waals surface area contributed by atoms with E-state index in [0.29, 0.717) is 12.5 Å². The van der Waals surface area contributed by atoms with Crippen LogP contribution in [0.2, 0.25) is 0 Å². The van der Waals surface area contributed by atoms with Crippen molar-refractivity contribution < 1.29 is 5.11 Å². The van der Waals surface area contributed by atoms with Crippen molar-refractivity contribution in [3.05, 3.63) is 0 Å². The summed E-state index contributed by atoms with van der Waals surface area (Å²) < 4.78 is 0. The zero-order valence-electron chi connectivity index (χ0n) is 12.2. The van der Waals surface area contributed by atoms with Gasteiger partial charge in [0.1, 0.15) is 0 Å². The lowest BCUT2D eigenvalue weighted by molar-refractivity contribution is 0.217. The van der Waals surface area contributed by atoms with E-state index < -0.39 is 0 Å². The molecule has 1 saturated carbocycles. The number of unbranched alkanes of at least 4 members (excludes halogenated alkanes) is 5. The first kappa shape index (κ1) is 19.0. The summed E-state index contributed by atoms with van der Waals surface area (Å²) in [5, 5.41) is 12.3. The van der Waals surface area contributed by atoms with Crippen LogP contribution in [0.5, 0.6) is 0 Å². The molecule has 0 radical (unpaired) electrons. The zero-order valence-corrected chi connectivity index (χ0v) is 14.5. The maximum Gasteiger partial charge on any atom is 0.188 e. The van der Waals surface area contributed by atoms with Crippen LogP contribution < -0.4 is 11.1 Å². The van der Waals surface area contributed by atoms with Gasteiger partial charge in [0, 0.05) is 12.0 Å². The molecule has 0 aromatic rings. The van der Waals surface area contributed by atoms with Gasteiger partial charge in [-0.3, -0.25) is 4.99 Å². The van der Waals surface area contributed by atoms with Crippen LogP contribution in [0.25, 0.3) is 0 Å². The van der Waals surface area contributed by atoms with E-state index in [1.165, 1.54) is 32.1 Å². The molecule has 4 N–H and O–H groups in total. The molecule has 0 bridgehead atoms. The fourth-order valence-electron chi connectivity index (χ4n) is 1.97. The number of aliphatic imine (C=N–C) groups is 1. The molecular weight excluding hydrogens is 353 g/mol. The minimum absolute atomic E-state index is 0. The van der Waals surface area contributed by atoms with Crippen molar-refractivity contribution in [2.45, 2.75) is 58.3 Å². The molecule has 1 rings (SSSR count). The van der Waals surface area contributed by atoms with Gasteiger partial charge < -0.3 is 16.2 Å². The number of hydrogen-bond acceptors (Lipinski definition) is 2. The van der Waals surface area contributed by atoms with E-state index in [4.69, 9.17) is 10.8 Å². The Labute approximate surface area is 134 Å². The Bertz CT molecular complexity index is 255. The molecule has 1 aliphatic rings. The molecule has 0 aromatic carbocycles.